The second-order valence-corrected chi connectivity index (χ2v) is 16.5. The van der Waals surface area contributed by atoms with Gasteiger partial charge in [0.15, 0.2) is 0 Å². The first-order valence-corrected chi connectivity index (χ1v) is 19.9. The number of likely N-dealkylation sites (tertiary alicyclic amines) is 1. The van der Waals surface area contributed by atoms with Gasteiger partial charge in [-0.1, -0.05) is 0 Å². The zero-order valence-electron chi connectivity index (χ0n) is 27.7. The normalized spacial score (nSPS) is 20.8. The van der Waals surface area contributed by atoms with Crippen molar-refractivity contribution in [1.29, 1.82) is 0 Å². The fraction of sp³-hybridized carbons (Fsp3) is 0.571. The molecule has 3 aromatic rings. The average molecular weight is 668 g/mol. The highest BCUT2D eigenvalue weighted by molar-refractivity contribution is 7.91. The van der Waals surface area contributed by atoms with E-state index in [0.29, 0.717) is 46.6 Å². The third-order valence-electron chi connectivity index (χ3n) is 10.2. The van der Waals surface area contributed by atoms with Gasteiger partial charge in [-0.2, -0.15) is 0 Å². The van der Waals surface area contributed by atoms with Crippen molar-refractivity contribution in [2.24, 2.45) is 0 Å². The Morgan fingerprint density at radius 3 is 2.07 bits per heavy atom. The second-order valence-electron chi connectivity index (χ2n) is 13.2. The molecule has 3 fully saturated rings. The van der Waals surface area contributed by atoms with Gasteiger partial charge in [0.05, 0.1) is 22.7 Å². The molecule has 0 bridgehead atoms. The van der Waals surface area contributed by atoms with E-state index in [2.05, 4.69) is 38.4 Å². The zero-order chi connectivity index (χ0) is 32.4. The quantitative estimate of drug-likeness (QED) is 0.324. The summed E-state index contributed by atoms with van der Waals surface area (Å²) in [6.07, 6.45) is 7.54. The minimum absolute atomic E-state index is 0.194. The van der Waals surface area contributed by atoms with Gasteiger partial charge in [0.25, 0.3) is 0 Å². The molecule has 1 aromatic heterocycles. The van der Waals surface area contributed by atoms with E-state index >= 15 is 0 Å². The summed E-state index contributed by atoms with van der Waals surface area (Å²) in [5.41, 5.74) is 1.37. The van der Waals surface area contributed by atoms with E-state index < -0.39 is 20.6 Å². The number of sulfone groups is 1. The first-order chi connectivity index (χ1) is 22.2. The van der Waals surface area contributed by atoms with Crippen LogP contribution in [0.15, 0.2) is 63.3 Å². The first kappa shape index (κ1) is 33.3. The van der Waals surface area contributed by atoms with Crippen LogP contribution in [0.1, 0.15) is 46.5 Å². The SMILES string of the molecule is CCOc1ccc(S(=O)(=O)c2cnc3ccc([S@@](C)=O)cc3c2N2CCC(N3CCC(N4CCN(C(C)C)CC4)CC3)CC2)cc1. The summed E-state index contributed by atoms with van der Waals surface area (Å²) in [7, 11) is -5.10. The predicted octanol–water partition coefficient (Wildman–Crippen LogP) is 4.66. The Morgan fingerprint density at radius 2 is 1.48 bits per heavy atom. The Hall–Kier alpha value is -2.57. The molecule has 0 spiro atoms. The van der Waals surface area contributed by atoms with Crippen LogP contribution in [0.4, 0.5) is 5.69 Å². The molecule has 3 aliphatic rings. The molecule has 0 N–H and O–H groups in total. The van der Waals surface area contributed by atoms with Crippen LogP contribution < -0.4 is 9.64 Å². The molecule has 2 aromatic carbocycles. The largest absolute Gasteiger partial charge is 0.494 e. The molecule has 0 saturated carbocycles. The van der Waals surface area contributed by atoms with Gasteiger partial charge in [0.2, 0.25) is 9.84 Å². The summed E-state index contributed by atoms with van der Waals surface area (Å²) in [5, 5.41) is 0.733. The van der Waals surface area contributed by atoms with E-state index in [0.717, 1.165) is 44.4 Å². The number of hydrogen-bond acceptors (Lipinski definition) is 9. The maximum absolute atomic E-state index is 14.2. The number of hydrogen-bond donors (Lipinski definition) is 0. The van der Waals surface area contributed by atoms with Gasteiger partial charge in [-0.15, -0.1) is 0 Å². The number of nitrogens with zero attached hydrogens (tertiary/aromatic N) is 5. The van der Waals surface area contributed by atoms with E-state index in [1.54, 1.807) is 30.5 Å². The van der Waals surface area contributed by atoms with E-state index in [4.69, 9.17) is 4.74 Å². The maximum atomic E-state index is 14.2. The Kier molecular flexibility index (Phi) is 10.3. The van der Waals surface area contributed by atoms with Crippen LogP contribution in [0, 0.1) is 0 Å². The third kappa shape index (κ3) is 6.99. The number of piperidine rings is 2. The molecule has 3 aliphatic heterocycles. The lowest BCUT2D eigenvalue weighted by atomic mass is 9.96. The molecule has 0 amide bonds. The van der Waals surface area contributed by atoms with Gasteiger partial charge in [-0.3, -0.25) is 19.0 Å². The summed E-state index contributed by atoms with van der Waals surface area (Å²) in [6.45, 7) is 15.5. The monoisotopic (exact) mass is 667 g/mol. The van der Waals surface area contributed by atoms with Crippen LogP contribution in [0.5, 0.6) is 5.75 Å². The number of benzene rings is 2. The minimum Gasteiger partial charge on any atom is -0.494 e. The number of rotatable bonds is 9. The van der Waals surface area contributed by atoms with E-state index in [-0.39, 0.29) is 9.79 Å². The van der Waals surface area contributed by atoms with Crippen molar-refractivity contribution in [3.05, 3.63) is 48.7 Å². The van der Waals surface area contributed by atoms with Crippen LogP contribution in [0.3, 0.4) is 0 Å². The molecule has 250 valence electrons. The van der Waals surface area contributed by atoms with Gasteiger partial charge in [0.1, 0.15) is 10.6 Å². The van der Waals surface area contributed by atoms with Crippen LogP contribution >= 0.6 is 0 Å². The number of aromatic nitrogens is 1. The molecular weight excluding hydrogens is 619 g/mol. The topological polar surface area (TPSA) is 86.3 Å². The van der Waals surface area contributed by atoms with Gasteiger partial charge in [-0.05, 0) is 102 Å². The van der Waals surface area contributed by atoms with E-state index in [1.165, 1.54) is 45.2 Å². The Balaban J connectivity index is 1.20. The third-order valence-corrected chi connectivity index (χ3v) is 12.9. The lowest BCUT2D eigenvalue weighted by molar-refractivity contribution is 0.0359. The fourth-order valence-electron chi connectivity index (χ4n) is 7.54. The van der Waals surface area contributed by atoms with Crippen LogP contribution in [0.25, 0.3) is 10.9 Å². The highest BCUT2D eigenvalue weighted by atomic mass is 32.2. The van der Waals surface area contributed by atoms with Crippen LogP contribution in [0.2, 0.25) is 0 Å². The molecular formula is C35H49N5O4S2. The Morgan fingerprint density at radius 1 is 0.870 bits per heavy atom. The van der Waals surface area contributed by atoms with Crippen molar-refractivity contribution >= 4 is 37.2 Å². The van der Waals surface area contributed by atoms with Crippen molar-refractivity contribution in [3.63, 3.8) is 0 Å². The van der Waals surface area contributed by atoms with Crippen molar-refractivity contribution < 1.29 is 17.4 Å². The van der Waals surface area contributed by atoms with Crippen LogP contribution in [-0.4, -0.2) is 116 Å². The zero-order valence-corrected chi connectivity index (χ0v) is 29.4. The molecule has 0 unspecified atom stereocenters. The highest BCUT2D eigenvalue weighted by Crippen LogP contribution is 2.39. The van der Waals surface area contributed by atoms with Crippen molar-refractivity contribution in [2.45, 2.75) is 79.3 Å². The summed E-state index contributed by atoms with van der Waals surface area (Å²) in [5.74, 6) is 0.633. The first-order valence-electron chi connectivity index (χ1n) is 16.9. The number of ether oxygens (including phenoxy) is 1. The van der Waals surface area contributed by atoms with Gasteiger partial charge >= 0.3 is 0 Å². The summed E-state index contributed by atoms with van der Waals surface area (Å²) >= 11 is 0. The van der Waals surface area contributed by atoms with Gasteiger partial charge in [0, 0.05) is 90.9 Å². The summed E-state index contributed by atoms with van der Waals surface area (Å²) in [4.78, 5) is 15.9. The fourth-order valence-corrected chi connectivity index (χ4v) is 9.52. The maximum Gasteiger partial charge on any atom is 0.210 e. The average Bonchev–Trinajstić information content (AvgIpc) is 3.08. The Bertz CT molecular complexity index is 1620. The molecule has 9 nitrogen and oxygen atoms in total. The molecule has 11 heteroatoms. The van der Waals surface area contributed by atoms with E-state index in [1.807, 2.05) is 25.1 Å². The molecule has 0 aliphatic carbocycles. The predicted molar refractivity (Wildman–Crippen MR) is 185 cm³/mol. The summed E-state index contributed by atoms with van der Waals surface area (Å²) in [6, 6.07) is 13.9. The number of pyridine rings is 1. The molecule has 6 rings (SSSR count). The van der Waals surface area contributed by atoms with E-state index in [9.17, 15) is 12.6 Å². The molecule has 46 heavy (non-hydrogen) atoms. The lowest BCUT2D eigenvalue weighted by Crippen LogP contribution is -2.56. The second kappa shape index (κ2) is 14.3. The van der Waals surface area contributed by atoms with Crippen molar-refractivity contribution in [1.82, 2.24) is 19.7 Å². The number of piperazine rings is 1. The molecule has 0 radical (unpaired) electrons. The van der Waals surface area contributed by atoms with Crippen LogP contribution in [-0.2, 0) is 20.6 Å². The van der Waals surface area contributed by atoms with Gasteiger partial charge < -0.3 is 14.5 Å². The summed E-state index contributed by atoms with van der Waals surface area (Å²) < 4.78 is 46.4. The Labute approximate surface area is 277 Å². The highest BCUT2D eigenvalue weighted by Gasteiger charge is 2.34. The number of fused-ring (bicyclic) bond motifs is 1. The van der Waals surface area contributed by atoms with Crippen molar-refractivity contribution in [3.8, 4) is 5.75 Å². The van der Waals surface area contributed by atoms with Gasteiger partial charge in [-0.25, -0.2) is 8.42 Å². The standard InChI is InChI=1S/C35H49N5O4S2/c1-5-44-29-6-9-31(10-7-29)46(42,43)34-25-36-33-11-8-30(45(4)41)24-32(33)35(34)40-18-14-27(15-19-40)38-16-12-28(13-17-38)39-22-20-37(21-23-39)26(2)3/h6-11,24-28H,5,12-23H2,1-4H3/t45-/m1/s1. The minimum atomic E-state index is -3.89. The number of anilines is 1. The molecule has 3 saturated heterocycles. The van der Waals surface area contributed by atoms with Crippen molar-refractivity contribution in [2.75, 3.05) is 70.1 Å². The molecule has 1 atom stereocenters. The lowest BCUT2D eigenvalue weighted by Gasteiger charge is -2.46. The smallest absolute Gasteiger partial charge is 0.210 e. The molecule has 4 heterocycles.